The van der Waals surface area contributed by atoms with Gasteiger partial charge in [-0.15, -0.1) is 11.3 Å². The van der Waals surface area contributed by atoms with Crippen molar-refractivity contribution < 1.29 is 27.5 Å². The lowest BCUT2D eigenvalue weighted by atomic mass is 9.95. The predicted molar refractivity (Wildman–Crippen MR) is 176 cm³/mol. The van der Waals surface area contributed by atoms with Gasteiger partial charge in [0.05, 0.1) is 23.1 Å². The quantitative estimate of drug-likeness (QED) is 0.172. The van der Waals surface area contributed by atoms with Crippen LogP contribution < -0.4 is 15.4 Å². The van der Waals surface area contributed by atoms with Crippen molar-refractivity contribution in [3.63, 3.8) is 0 Å². The SMILES string of the molecule is CNS(=O)(=O)c1cccc(C(=O)Nc2sc3c(c2C(=O)Nc2ccc(CCCc4ccc(C(=O)OC)cc4)cc2)CCCC3)c1. The topological polar surface area (TPSA) is 131 Å². The van der Waals surface area contributed by atoms with E-state index in [1.807, 2.05) is 36.4 Å². The summed E-state index contributed by atoms with van der Waals surface area (Å²) in [6.07, 6.45) is 6.24. The lowest BCUT2D eigenvalue weighted by Gasteiger charge is -2.14. The van der Waals surface area contributed by atoms with Crippen LogP contribution in [0.4, 0.5) is 10.7 Å². The van der Waals surface area contributed by atoms with E-state index in [2.05, 4.69) is 15.4 Å². The summed E-state index contributed by atoms with van der Waals surface area (Å²) in [7, 11) is -1.04. The molecule has 0 atom stereocenters. The number of methoxy groups -OCH3 is 1. The zero-order chi connectivity index (χ0) is 32.0. The van der Waals surface area contributed by atoms with Gasteiger partial charge in [-0.3, -0.25) is 9.59 Å². The fourth-order valence-electron chi connectivity index (χ4n) is 5.36. The minimum atomic E-state index is -3.72. The molecule has 3 N–H and O–H groups in total. The van der Waals surface area contributed by atoms with Crippen LogP contribution in [0.1, 0.15) is 71.9 Å². The first-order valence-electron chi connectivity index (χ1n) is 14.8. The highest BCUT2D eigenvalue weighted by molar-refractivity contribution is 7.89. The Kier molecular flexibility index (Phi) is 10.1. The molecule has 0 unspecified atom stereocenters. The number of fused-ring (bicyclic) bond motifs is 1. The summed E-state index contributed by atoms with van der Waals surface area (Å²) in [5, 5.41) is 6.35. The number of rotatable bonds is 11. The van der Waals surface area contributed by atoms with Crippen LogP contribution in [0.15, 0.2) is 77.7 Å². The average Bonchev–Trinajstić information content (AvgIpc) is 3.43. The van der Waals surface area contributed by atoms with Crippen LogP contribution in [0.2, 0.25) is 0 Å². The third-order valence-corrected chi connectivity index (χ3v) is 10.4. The van der Waals surface area contributed by atoms with Gasteiger partial charge in [0.15, 0.2) is 0 Å². The molecule has 0 saturated heterocycles. The Morgan fingerprint density at radius 1 is 0.822 bits per heavy atom. The van der Waals surface area contributed by atoms with E-state index in [-0.39, 0.29) is 22.3 Å². The standard InChI is InChI=1S/C34H35N3O6S2/c1-35-45(41,42)27-10-6-9-25(21-27)31(38)37-33-30(28-11-3-4-12-29(28)44-33)32(39)36-26-19-15-23(16-20-26)8-5-7-22-13-17-24(18-14-22)34(40)43-2/h6,9-10,13-21,35H,3-5,7-8,11-12H2,1-2H3,(H,36,39)(H,37,38). The molecule has 0 spiro atoms. The fraction of sp³-hybridized carbons (Fsp3) is 0.265. The summed E-state index contributed by atoms with van der Waals surface area (Å²) in [5.41, 5.74) is 5.07. The van der Waals surface area contributed by atoms with Crippen molar-refractivity contribution in [2.75, 3.05) is 24.8 Å². The van der Waals surface area contributed by atoms with Crippen molar-refractivity contribution >= 4 is 49.8 Å². The van der Waals surface area contributed by atoms with Crippen LogP contribution in [-0.2, 0) is 40.4 Å². The van der Waals surface area contributed by atoms with Crippen molar-refractivity contribution in [2.45, 2.75) is 49.8 Å². The smallest absolute Gasteiger partial charge is 0.337 e. The molecule has 0 radical (unpaired) electrons. The lowest BCUT2D eigenvalue weighted by molar-refractivity contribution is 0.0600. The number of amides is 2. The molecular weight excluding hydrogens is 611 g/mol. The van der Waals surface area contributed by atoms with Crippen molar-refractivity contribution in [3.8, 4) is 0 Å². The molecule has 9 nitrogen and oxygen atoms in total. The number of sulfonamides is 1. The summed E-state index contributed by atoms with van der Waals surface area (Å²) < 4.78 is 31.5. The van der Waals surface area contributed by atoms with Crippen LogP contribution in [0.5, 0.6) is 0 Å². The van der Waals surface area contributed by atoms with E-state index >= 15 is 0 Å². The molecule has 3 aromatic carbocycles. The summed E-state index contributed by atoms with van der Waals surface area (Å²) in [6, 6.07) is 21.0. The second-order valence-corrected chi connectivity index (χ2v) is 13.8. The molecule has 1 aliphatic carbocycles. The number of aryl methyl sites for hydroxylation is 3. The van der Waals surface area contributed by atoms with E-state index in [0.717, 1.165) is 66.5 Å². The largest absolute Gasteiger partial charge is 0.465 e. The number of hydrogen-bond donors (Lipinski definition) is 3. The third kappa shape index (κ3) is 7.67. The predicted octanol–water partition coefficient (Wildman–Crippen LogP) is 6.00. The molecule has 0 bridgehead atoms. The van der Waals surface area contributed by atoms with Gasteiger partial charge < -0.3 is 15.4 Å². The molecule has 11 heteroatoms. The van der Waals surface area contributed by atoms with E-state index in [0.29, 0.717) is 21.8 Å². The summed E-state index contributed by atoms with van der Waals surface area (Å²) in [4.78, 5) is 39.6. The number of carbonyl (C=O) groups is 3. The first-order chi connectivity index (χ1) is 21.7. The van der Waals surface area contributed by atoms with Gasteiger partial charge in [-0.1, -0.05) is 30.3 Å². The first-order valence-corrected chi connectivity index (χ1v) is 17.1. The average molecular weight is 646 g/mol. The number of benzene rings is 3. The molecule has 1 aliphatic rings. The van der Waals surface area contributed by atoms with Crippen molar-refractivity contribution in [2.24, 2.45) is 0 Å². The molecule has 4 aromatic rings. The van der Waals surface area contributed by atoms with Crippen LogP contribution in [0.3, 0.4) is 0 Å². The van der Waals surface area contributed by atoms with Crippen LogP contribution in [0.25, 0.3) is 0 Å². The van der Waals surface area contributed by atoms with Crippen LogP contribution >= 0.6 is 11.3 Å². The van der Waals surface area contributed by atoms with Crippen molar-refractivity contribution in [3.05, 3.63) is 111 Å². The zero-order valence-electron chi connectivity index (χ0n) is 25.1. The Labute approximate surface area is 267 Å². The lowest BCUT2D eigenvalue weighted by Crippen LogP contribution is -2.20. The highest BCUT2D eigenvalue weighted by Gasteiger charge is 2.27. The normalized spacial score (nSPS) is 12.7. The van der Waals surface area contributed by atoms with Gasteiger partial charge in [-0.05, 0) is 111 Å². The Morgan fingerprint density at radius 3 is 2.16 bits per heavy atom. The second-order valence-electron chi connectivity index (χ2n) is 10.8. The molecule has 0 saturated carbocycles. The summed E-state index contributed by atoms with van der Waals surface area (Å²) >= 11 is 1.40. The number of anilines is 2. The maximum absolute atomic E-state index is 13.6. The minimum Gasteiger partial charge on any atom is -0.465 e. The molecule has 0 aliphatic heterocycles. The summed E-state index contributed by atoms with van der Waals surface area (Å²) in [6.45, 7) is 0. The number of thiophene rings is 1. The molecule has 234 valence electrons. The molecular formula is C34H35N3O6S2. The Bertz CT molecular complexity index is 1810. The van der Waals surface area contributed by atoms with Gasteiger partial charge in [0.25, 0.3) is 11.8 Å². The van der Waals surface area contributed by atoms with Gasteiger partial charge in [0.2, 0.25) is 10.0 Å². The van der Waals surface area contributed by atoms with E-state index in [9.17, 15) is 22.8 Å². The van der Waals surface area contributed by atoms with E-state index < -0.39 is 15.9 Å². The molecule has 0 fully saturated rings. The molecule has 2 amide bonds. The molecule has 1 heterocycles. The number of esters is 1. The van der Waals surface area contributed by atoms with Gasteiger partial charge >= 0.3 is 5.97 Å². The molecule has 45 heavy (non-hydrogen) atoms. The first kappa shape index (κ1) is 32.1. The van der Waals surface area contributed by atoms with Crippen LogP contribution in [0, 0.1) is 0 Å². The maximum atomic E-state index is 13.6. The third-order valence-electron chi connectivity index (χ3n) is 7.82. The van der Waals surface area contributed by atoms with Gasteiger partial charge in [0, 0.05) is 16.1 Å². The van der Waals surface area contributed by atoms with Crippen LogP contribution in [-0.4, -0.2) is 40.4 Å². The van der Waals surface area contributed by atoms with Gasteiger partial charge in [-0.25, -0.2) is 17.9 Å². The minimum absolute atomic E-state index is 0.0150. The van der Waals surface area contributed by atoms with E-state index in [4.69, 9.17) is 4.74 Å². The number of ether oxygens (including phenoxy) is 1. The van der Waals surface area contributed by atoms with E-state index in [1.165, 1.54) is 43.7 Å². The number of hydrogen-bond acceptors (Lipinski definition) is 7. The maximum Gasteiger partial charge on any atom is 0.337 e. The number of nitrogens with one attached hydrogen (secondary N) is 3. The Balaban J connectivity index is 1.25. The second kappa shape index (κ2) is 14.2. The Hall–Kier alpha value is -4.32. The zero-order valence-corrected chi connectivity index (χ0v) is 26.8. The summed E-state index contributed by atoms with van der Waals surface area (Å²) in [5.74, 6) is -1.13. The van der Waals surface area contributed by atoms with Gasteiger partial charge in [0.1, 0.15) is 5.00 Å². The highest BCUT2D eigenvalue weighted by atomic mass is 32.2. The number of carbonyl (C=O) groups excluding carboxylic acids is 3. The fourth-order valence-corrected chi connectivity index (χ4v) is 7.42. The molecule has 1 aromatic heterocycles. The van der Waals surface area contributed by atoms with Crippen molar-refractivity contribution in [1.82, 2.24) is 4.72 Å². The Morgan fingerprint density at radius 2 is 1.49 bits per heavy atom. The van der Waals surface area contributed by atoms with Gasteiger partial charge in [-0.2, -0.15) is 0 Å². The van der Waals surface area contributed by atoms with E-state index in [1.54, 1.807) is 18.2 Å². The highest BCUT2D eigenvalue weighted by Crippen LogP contribution is 2.39. The molecule has 5 rings (SSSR count). The monoisotopic (exact) mass is 645 g/mol. The van der Waals surface area contributed by atoms with Crippen molar-refractivity contribution in [1.29, 1.82) is 0 Å².